The summed E-state index contributed by atoms with van der Waals surface area (Å²) in [6.45, 7) is 2.19. The van der Waals surface area contributed by atoms with E-state index >= 15 is 0 Å². The minimum Gasteiger partial charge on any atom is -0.395 e. The molecule has 21 heavy (non-hydrogen) atoms. The van der Waals surface area contributed by atoms with Crippen LogP contribution in [-0.4, -0.2) is 37.5 Å². The molecule has 0 radical (unpaired) electrons. The summed E-state index contributed by atoms with van der Waals surface area (Å²) in [4.78, 5) is -1.02. The van der Waals surface area contributed by atoms with Gasteiger partial charge >= 0.3 is 6.18 Å². The van der Waals surface area contributed by atoms with E-state index in [9.17, 15) is 21.6 Å². The molecule has 1 aromatic carbocycles. The van der Waals surface area contributed by atoms with Crippen molar-refractivity contribution in [3.05, 3.63) is 41.4 Å². The van der Waals surface area contributed by atoms with Crippen LogP contribution >= 0.6 is 11.6 Å². The summed E-state index contributed by atoms with van der Waals surface area (Å²) in [5.41, 5.74) is -1.35. The Hall–Kier alpha value is -1.09. The molecule has 0 aliphatic heterocycles. The van der Waals surface area contributed by atoms with Crippen molar-refractivity contribution in [2.24, 2.45) is 0 Å². The minimum atomic E-state index is -4.87. The topological polar surface area (TPSA) is 57.6 Å². The first-order chi connectivity index (χ1) is 9.66. The standard InChI is InChI=1S/C12H13ClF3NO3S/c1-2-6-17(7-8-18)21(19,20)11-9(12(14,15)16)4-3-5-10(11)13/h2-5,18H,1,6-8H2. The van der Waals surface area contributed by atoms with Crippen LogP contribution in [0.15, 0.2) is 35.7 Å². The number of hydrogen-bond acceptors (Lipinski definition) is 3. The van der Waals surface area contributed by atoms with Crippen molar-refractivity contribution in [3.63, 3.8) is 0 Å². The van der Waals surface area contributed by atoms with E-state index in [1.807, 2.05) is 0 Å². The predicted molar refractivity (Wildman–Crippen MR) is 72.5 cm³/mol. The predicted octanol–water partition coefficient (Wildman–Crippen LogP) is 2.53. The first kappa shape index (κ1) is 18.0. The SMILES string of the molecule is C=CCN(CCO)S(=O)(=O)c1c(Cl)cccc1C(F)(F)F. The summed E-state index contributed by atoms with van der Waals surface area (Å²) < 4.78 is 64.4. The summed E-state index contributed by atoms with van der Waals surface area (Å²) in [5.74, 6) is 0. The van der Waals surface area contributed by atoms with E-state index in [-0.39, 0.29) is 13.1 Å². The molecule has 0 saturated carbocycles. The minimum absolute atomic E-state index is 0.245. The quantitative estimate of drug-likeness (QED) is 0.807. The highest BCUT2D eigenvalue weighted by atomic mass is 35.5. The van der Waals surface area contributed by atoms with Crippen molar-refractivity contribution >= 4 is 21.6 Å². The molecule has 9 heteroatoms. The highest BCUT2D eigenvalue weighted by molar-refractivity contribution is 7.89. The Balaban J connectivity index is 3.53. The Labute approximate surface area is 125 Å². The lowest BCUT2D eigenvalue weighted by Crippen LogP contribution is -2.35. The van der Waals surface area contributed by atoms with Gasteiger partial charge in [-0.3, -0.25) is 0 Å². The van der Waals surface area contributed by atoms with Gasteiger partial charge in [-0.15, -0.1) is 6.58 Å². The molecule has 1 rings (SSSR count). The van der Waals surface area contributed by atoms with Crippen molar-refractivity contribution in [1.29, 1.82) is 0 Å². The van der Waals surface area contributed by atoms with E-state index in [1.165, 1.54) is 6.08 Å². The van der Waals surface area contributed by atoms with E-state index in [0.29, 0.717) is 10.4 Å². The normalized spacial score (nSPS) is 12.7. The van der Waals surface area contributed by atoms with Gasteiger partial charge < -0.3 is 5.11 Å². The van der Waals surface area contributed by atoms with Gasteiger partial charge in [0.2, 0.25) is 10.0 Å². The number of aliphatic hydroxyl groups is 1. The van der Waals surface area contributed by atoms with Gasteiger partial charge in [0, 0.05) is 13.1 Å². The Morgan fingerprint density at radius 3 is 2.48 bits per heavy atom. The Morgan fingerprint density at radius 2 is 2.00 bits per heavy atom. The highest BCUT2D eigenvalue weighted by Gasteiger charge is 2.40. The van der Waals surface area contributed by atoms with Crippen LogP contribution in [0.3, 0.4) is 0 Å². The summed E-state index contributed by atoms with van der Waals surface area (Å²) in [7, 11) is -4.52. The maximum absolute atomic E-state index is 13.0. The first-order valence-electron chi connectivity index (χ1n) is 5.74. The average molecular weight is 344 g/mol. The summed E-state index contributed by atoms with van der Waals surface area (Å²) in [5, 5.41) is 8.35. The second-order valence-electron chi connectivity index (χ2n) is 3.99. The number of halogens is 4. The zero-order chi connectivity index (χ0) is 16.3. The summed E-state index contributed by atoms with van der Waals surface area (Å²) >= 11 is 5.67. The summed E-state index contributed by atoms with van der Waals surface area (Å²) in [6.07, 6.45) is -3.66. The zero-order valence-electron chi connectivity index (χ0n) is 10.8. The fraction of sp³-hybridized carbons (Fsp3) is 0.333. The number of hydrogen-bond donors (Lipinski definition) is 1. The van der Waals surface area contributed by atoms with Crippen molar-refractivity contribution in [3.8, 4) is 0 Å². The molecule has 1 aromatic rings. The van der Waals surface area contributed by atoms with Crippen LogP contribution in [-0.2, 0) is 16.2 Å². The lowest BCUT2D eigenvalue weighted by atomic mass is 10.2. The molecule has 118 valence electrons. The van der Waals surface area contributed by atoms with Crippen LogP contribution in [0, 0.1) is 0 Å². The number of alkyl halides is 3. The molecule has 0 amide bonds. The van der Waals surface area contributed by atoms with E-state index in [1.54, 1.807) is 0 Å². The second kappa shape index (κ2) is 6.78. The second-order valence-corrected chi connectivity index (χ2v) is 6.27. The van der Waals surface area contributed by atoms with Crippen LogP contribution in [0.2, 0.25) is 5.02 Å². The maximum atomic E-state index is 13.0. The van der Waals surface area contributed by atoms with Crippen LogP contribution in [0.1, 0.15) is 5.56 Å². The largest absolute Gasteiger partial charge is 0.417 e. The Morgan fingerprint density at radius 1 is 1.38 bits per heavy atom. The molecular formula is C12H13ClF3NO3S. The summed E-state index contributed by atoms with van der Waals surface area (Å²) in [6, 6.07) is 2.73. The number of benzene rings is 1. The molecule has 0 aromatic heterocycles. The smallest absolute Gasteiger partial charge is 0.395 e. The lowest BCUT2D eigenvalue weighted by molar-refractivity contribution is -0.139. The molecule has 0 fully saturated rings. The highest BCUT2D eigenvalue weighted by Crippen LogP contribution is 2.38. The van der Waals surface area contributed by atoms with Gasteiger partial charge in [-0.1, -0.05) is 23.7 Å². The van der Waals surface area contributed by atoms with Gasteiger partial charge in [0.15, 0.2) is 0 Å². The van der Waals surface area contributed by atoms with Crippen molar-refractivity contribution < 1.29 is 26.7 Å². The lowest BCUT2D eigenvalue weighted by Gasteiger charge is -2.22. The fourth-order valence-electron chi connectivity index (χ4n) is 1.69. The molecule has 0 bridgehead atoms. The monoisotopic (exact) mass is 343 g/mol. The van der Waals surface area contributed by atoms with Gasteiger partial charge in [0.1, 0.15) is 4.90 Å². The van der Waals surface area contributed by atoms with Crippen LogP contribution in [0.25, 0.3) is 0 Å². The fourth-order valence-corrected chi connectivity index (χ4v) is 3.81. The van der Waals surface area contributed by atoms with Crippen LogP contribution in [0.5, 0.6) is 0 Å². The van der Waals surface area contributed by atoms with E-state index in [2.05, 4.69) is 6.58 Å². The first-order valence-corrected chi connectivity index (χ1v) is 7.55. The third-order valence-corrected chi connectivity index (χ3v) is 4.95. The molecule has 0 heterocycles. The van der Waals surface area contributed by atoms with E-state index in [0.717, 1.165) is 12.1 Å². The van der Waals surface area contributed by atoms with E-state index < -0.39 is 38.3 Å². The molecule has 4 nitrogen and oxygen atoms in total. The molecule has 0 unspecified atom stereocenters. The average Bonchev–Trinajstić information content (AvgIpc) is 2.36. The molecule has 0 saturated heterocycles. The molecule has 0 aliphatic rings. The van der Waals surface area contributed by atoms with Crippen LogP contribution in [0.4, 0.5) is 13.2 Å². The Bertz CT molecular complexity index is 617. The number of sulfonamides is 1. The van der Waals surface area contributed by atoms with Crippen molar-refractivity contribution in [1.82, 2.24) is 4.31 Å². The van der Waals surface area contributed by atoms with Gasteiger partial charge in [0.25, 0.3) is 0 Å². The van der Waals surface area contributed by atoms with Crippen LogP contribution < -0.4 is 0 Å². The number of rotatable bonds is 6. The van der Waals surface area contributed by atoms with Gasteiger partial charge in [-0.25, -0.2) is 8.42 Å². The van der Waals surface area contributed by atoms with Gasteiger partial charge in [0.05, 0.1) is 17.2 Å². The number of nitrogens with zero attached hydrogens (tertiary/aromatic N) is 1. The van der Waals surface area contributed by atoms with Crippen molar-refractivity contribution in [2.75, 3.05) is 19.7 Å². The third-order valence-electron chi connectivity index (χ3n) is 2.55. The zero-order valence-corrected chi connectivity index (χ0v) is 12.3. The third kappa shape index (κ3) is 3.97. The Kier molecular flexibility index (Phi) is 5.80. The van der Waals surface area contributed by atoms with E-state index in [4.69, 9.17) is 16.7 Å². The van der Waals surface area contributed by atoms with Gasteiger partial charge in [-0.05, 0) is 12.1 Å². The number of aliphatic hydroxyl groups excluding tert-OH is 1. The molecule has 0 atom stereocenters. The molecule has 0 spiro atoms. The maximum Gasteiger partial charge on any atom is 0.417 e. The molecule has 1 N–H and O–H groups in total. The molecule has 0 aliphatic carbocycles. The van der Waals surface area contributed by atoms with Gasteiger partial charge in [-0.2, -0.15) is 17.5 Å². The molecular weight excluding hydrogens is 331 g/mol. The van der Waals surface area contributed by atoms with Crippen molar-refractivity contribution in [2.45, 2.75) is 11.1 Å².